The Kier molecular flexibility index (Phi) is 6.46. The maximum atomic E-state index is 12.9. The molecule has 2 saturated heterocycles. The zero-order valence-corrected chi connectivity index (χ0v) is 16.5. The van der Waals surface area contributed by atoms with Crippen molar-refractivity contribution in [3.63, 3.8) is 0 Å². The molecular weight excluding hydrogens is 364 g/mol. The highest BCUT2D eigenvalue weighted by molar-refractivity contribution is 5.90. The average molecular weight is 391 g/mol. The molecule has 0 aliphatic carbocycles. The zero-order valence-electron chi connectivity index (χ0n) is 15.7. The van der Waals surface area contributed by atoms with Gasteiger partial charge < -0.3 is 10.2 Å². The number of amides is 1. The minimum Gasteiger partial charge on any atom is -0.334 e. The first-order valence-electron chi connectivity index (χ1n) is 9.51. The number of carbonyl (C=O) groups excluding carboxylic acids is 1. The van der Waals surface area contributed by atoms with Gasteiger partial charge in [-0.05, 0) is 18.6 Å². The first kappa shape index (κ1) is 19.8. The molecule has 0 bridgehead atoms. The topological polar surface area (TPSA) is 66.3 Å². The third-order valence-corrected chi connectivity index (χ3v) is 5.30. The molecule has 2 aliphatic rings. The van der Waals surface area contributed by atoms with Crippen molar-refractivity contribution in [3.05, 3.63) is 42.0 Å². The Hall–Kier alpha value is -1.96. The van der Waals surface area contributed by atoms with E-state index < -0.39 is 0 Å². The number of hydrogen-bond acceptors (Lipinski definition) is 5. The standard InChI is InChI=1S/C19H26N6O.ClH/c1-2-17-21-18(22-25(17)15-6-4-3-5-7-15)19(26)24-11-8-16(14-24)23-12-9-20-10-13-23;/h3-7,16,20H,2,8-14H2,1H3;1H. The predicted octanol–water partition coefficient (Wildman–Crippen LogP) is 1.37. The van der Waals surface area contributed by atoms with Crippen LogP contribution in [0.4, 0.5) is 0 Å². The number of carbonyl (C=O) groups is 1. The van der Waals surface area contributed by atoms with Gasteiger partial charge >= 0.3 is 0 Å². The lowest BCUT2D eigenvalue weighted by atomic mass is 10.2. The molecule has 1 unspecified atom stereocenters. The summed E-state index contributed by atoms with van der Waals surface area (Å²) < 4.78 is 1.79. The summed E-state index contributed by atoms with van der Waals surface area (Å²) in [4.78, 5) is 21.9. The summed E-state index contributed by atoms with van der Waals surface area (Å²) in [6.45, 7) is 7.80. The SMILES string of the molecule is CCc1nc(C(=O)N2CCC(N3CCNCC3)C2)nn1-c1ccccc1.Cl. The van der Waals surface area contributed by atoms with Crippen molar-refractivity contribution in [3.8, 4) is 5.69 Å². The Morgan fingerprint density at radius 1 is 1.19 bits per heavy atom. The molecule has 7 nitrogen and oxygen atoms in total. The van der Waals surface area contributed by atoms with Crippen LogP contribution in [0.1, 0.15) is 29.8 Å². The Morgan fingerprint density at radius 3 is 2.63 bits per heavy atom. The fourth-order valence-corrected chi connectivity index (χ4v) is 3.85. The van der Waals surface area contributed by atoms with E-state index in [2.05, 4.69) is 20.3 Å². The van der Waals surface area contributed by atoms with Crippen molar-refractivity contribution < 1.29 is 4.79 Å². The molecule has 1 amide bonds. The van der Waals surface area contributed by atoms with Crippen molar-refractivity contribution in [2.75, 3.05) is 39.3 Å². The van der Waals surface area contributed by atoms with Crippen molar-refractivity contribution in [1.82, 2.24) is 29.9 Å². The number of para-hydroxylation sites is 1. The number of halogens is 1. The fraction of sp³-hybridized carbons (Fsp3) is 0.526. The molecule has 1 N–H and O–H groups in total. The highest BCUT2D eigenvalue weighted by atomic mass is 35.5. The largest absolute Gasteiger partial charge is 0.334 e. The van der Waals surface area contributed by atoms with Crippen LogP contribution in [0.3, 0.4) is 0 Å². The number of rotatable bonds is 4. The van der Waals surface area contributed by atoms with Crippen molar-refractivity contribution in [1.29, 1.82) is 0 Å². The molecule has 0 spiro atoms. The smallest absolute Gasteiger partial charge is 0.293 e. The maximum Gasteiger partial charge on any atom is 0.293 e. The number of aryl methyl sites for hydroxylation is 1. The van der Waals surface area contributed by atoms with Crippen LogP contribution in [0, 0.1) is 0 Å². The van der Waals surface area contributed by atoms with Gasteiger partial charge in [-0.1, -0.05) is 25.1 Å². The maximum absolute atomic E-state index is 12.9. The highest BCUT2D eigenvalue weighted by Crippen LogP contribution is 2.19. The Morgan fingerprint density at radius 2 is 1.93 bits per heavy atom. The molecule has 8 heteroatoms. The van der Waals surface area contributed by atoms with E-state index >= 15 is 0 Å². The van der Waals surface area contributed by atoms with Crippen LogP contribution in [0.5, 0.6) is 0 Å². The summed E-state index contributed by atoms with van der Waals surface area (Å²) in [6.07, 6.45) is 1.77. The lowest BCUT2D eigenvalue weighted by Crippen LogP contribution is -2.49. The van der Waals surface area contributed by atoms with Gasteiger partial charge in [-0.3, -0.25) is 9.69 Å². The van der Waals surface area contributed by atoms with E-state index in [9.17, 15) is 4.79 Å². The Bertz CT molecular complexity index is 759. The molecule has 2 aliphatic heterocycles. The summed E-state index contributed by atoms with van der Waals surface area (Å²) in [5.41, 5.74) is 0.941. The second-order valence-electron chi connectivity index (χ2n) is 6.93. The van der Waals surface area contributed by atoms with E-state index in [0.717, 1.165) is 63.6 Å². The quantitative estimate of drug-likeness (QED) is 0.854. The third-order valence-electron chi connectivity index (χ3n) is 5.30. The summed E-state index contributed by atoms with van der Waals surface area (Å²) in [6, 6.07) is 10.3. The number of benzene rings is 1. The second-order valence-corrected chi connectivity index (χ2v) is 6.93. The van der Waals surface area contributed by atoms with Gasteiger partial charge in [0.1, 0.15) is 5.82 Å². The van der Waals surface area contributed by atoms with E-state index in [1.54, 1.807) is 4.68 Å². The molecule has 146 valence electrons. The van der Waals surface area contributed by atoms with Crippen molar-refractivity contribution >= 4 is 18.3 Å². The molecule has 2 aromatic rings. The van der Waals surface area contributed by atoms with Crippen molar-refractivity contribution in [2.45, 2.75) is 25.8 Å². The van der Waals surface area contributed by atoms with E-state index in [0.29, 0.717) is 11.9 Å². The van der Waals surface area contributed by atoms with Gasteiger partial charge in [0.25, 0.3) is 5.91 Å². The van der Waals surface area contributed by atoms with Crippen LogP contribution in [-0.4, -0.2) is 75.8 Å². The number of nitrogens with zero attached hydrogens (tertiary/aromatic N) is 5. The first-order valence-corrected chi connectivity index (χ1v) is 9.51. The molecule has 1 aromatic carbocycles. The average Bonchev–Trinajstić information content (AvgIpc) is 3.36. The molecule has 1 atom stereocenters. The summed E-state index contributed by atoms with van der Waals surface area (Å²) in [5, 5.41) is 7.91. The minimum absolute atomic E-state index is 0. The van der Waals surface area contributed by atoms with Crippen LogP contribution in [0.15, 0.2) is 30.3 Å². The summed E-state index contributed by atoms with van der Waals surface area (Å²) in [7, 11) is 0. The van der Waals surface area contributed by atoms with Crippen LogP contribution in [0.2, 0.25) is 0 Å². The Labute approximate surface area is 166 Å². The molecule has 1 aromatic heterocycles. The van der Waals surface area contributed by atoms with Gasteiger partial charge in [0.15, 0.2) is 0 Å². The van der Waals surface area contributed by atoms with E-state index in [1.807, 2.05) is 42.2 Å². The van der Waals surface area contributed by atoms with Gasteiger partial charge in [-0.2, -0.15) is 0 Å². The summed E-state index contributed by atoms with van der Waals surface area (Å²) in [5.74, 6) is 1.08. The normalized spacial score (nSPS) is 20.5. The molecule has 2 fully saturated rings. The van der Waals surface area contributed by atoms with E-state index in [4.69, 9.17) is 0 Å². The number of aromatic nitrogens is 3. The van der Waals surface area contributed by atoms with Crippen LogP contribution >= 0.6 is 12.4 Å². The molecule has 4 rings (SSSR count). The van der Waals surface area contributed by atoms with Gasteiger partial charge in [0.2, 0.25) is 5.82 Å². The lowest BCUT2D eigenvalue weighted by molar-refractivity contribution is 0.0761. The minimum atomic E-state index is -0.0491. The monoisotopic (exact) mass is 390 g/mol. The number of hydrogen-bond donors (Lipinski definition) is 1. The van der Waals surface area contributed by atoms with Gasteiger partial charge in [-0.15, -0.1) is 17.5 Å². The molecule has 0 radical (unpaired) electrons. The molecule has 0 saturated carbocycles. The van der Waals surface area contributed by atoms with Crippen LogP contribution in [-0.2, 0) is 6.42 Å². The van der Waals surface area contributed by atoms with Gasteiger partial charge in [0, 0.05) is 51.7 Å². The van der Waals surface area contributed by atoms with Crippen LogP contribution in [0.25, 0.3) is 5.69 Å². The first-order chi connectivity index (χ1) is 12.8. The van der Waals surface area contributed by atoms with Crippen LogP contribution < -0.4 is 5.32 Å². The third kappa shape index (κ3) is 4.15. The molecular formula is C19H27ClN6O. The van der Waals surface area contributed by atoms with Crippen molar-refractivity contribution in [2.24, 2.45) is 0 Å². The highest BCUT2D eigenvalue weighted by Gasteiger charge is 2.33. The van der Waals surface area contributed by atoms with E-state index in [-0.39, 0.29) is 18.3 Å². The number of piperazine rings is 1. The molecule has 3 heterocycles. The Balaban J connectivity index is 0.00000210. The summed E-state index contributed by atoms with van der Waals surface area (Å²) >= 11 is 0. The second kappa shape index (κ2) is 8.82. The number of likely N-dealkylation sites (tertiary alicyclic amines) is 1. The van der Waals surface area contributed by atoms with E-state index in [1.165, 1.54) is 0 Å². The lowest BCUT2D eigenvalue weighted by Gasteiger charge is -2.32. The predicted molar refractivity (Wildman–Crippen MR) is 107 cm³/mol. The molecule has 27 heavy (non-hydrogen) atoms. The number of nitrogens with one attached hydrogen (secondary N) is 1. The van der Waals surface area contributed by atoms with Gasteiger partial charge in [-0.25, -0.2) is 9.67 Å². The zero-order chi connectivity index (χ0) is 17.9. The fourth-order valence-electron chi connectivity index (χ4n) is 3.85. The van der Waals surface area contributed by atoms with Gasteiger partial charge in [0.05, 0.1) is 5.69 Å².